The molecule has 6 rings (SSSR count). The molecule has 0 N–H and O–H groups in total. The van der Waals surface area contributed by atoms with Crippen LogP contribution < -0.4 is 4.73 Å². The van der Waals surface area contributed by atoms with Crippen LogP contribution in [0.1, 0.15) is 29.2 Å². The van der Waals surface area contributed by atoms with E-state index in [0.717, 1.165) is 27.3 Å². The molecule has 0 saturated carbocycles. The highest BCUT2D eigenvalue weighted by Gasteiger charge is 2.29. The molecule has 0 fully saturated rings. The van der Waals surface area contributed by atoms with Crippen LogP contribution >= 0.6 is 23.2 Å². The SMILES string of the molecule is [O-][n+]1cc(-c2cc(Cl)ccc2-n2cnnn2)ccc1C(Cc1ccc(F)cc1)C1=NC(c2ccc(Cl)cc2)=CC1. The molecule has 0 spiro atoms. The van der Waals surface area contributed by atoms with Gasteiger partial charge in [0.25, 0.3) is 0 Å². The summed E-state index contributed by atoms with van der Waals surface area (Å²) in [4.78, 5) is 4.93. The maximum absolute atomic E-state index is 13.6. The summed E-state index contributed by atoms with van der Waals surface area (Å²) in [5.41, 5.74) is 6.09. The first-order chi connectivity index (χ1) is 19.4. The molecule has 198 valence electrons. The van der Waals surface area contributed by atoms with Gasteiger partial charge in [-0.3, -0.25) is 4.99 Å². The third kappa shape index (κ3) is 5.36. The van der Waals surface area contributed by atoms with Gasteiger partial charge in [-0.15, -0.1) is 5.10 Å². The Bertz CT molecular complexity index is 1740. The first-order valence-electron chi connectivity index (χ1n) is 12.5. The third-order valence-corrected chi connectivity index (χ3v) is 7.32. The number of tetrazole rings is 1. The Balaban J connectivity index is 1.39. The lowest BCUT2D eigenvalue weighted by molar-refractivity contribution is -0.614. The Morgan fingerprint density at radius 2 is 1.68 bits per heavy atom. The lowest BCUT2D eigenvalue weighted by Crippen LogP contribution is -2.36. The van der Waals surface area contributed by atoms with E-state index in [0.29, 0.717) is 45.4 Å². The molecule has 0 aliphatic carbocycles. The van der Waals surface area contributed by atoms with Gasteiger partial charge in [0.2, 0.25) is 5.69 Å². The topological polar surface area (TPSA) is 82.9 Å². The normalized spacial score (nSPS) is 13.7. The first kappa shape index (κ1) is 25.9. The van der Waals surface area contributed by atoms with Crippen LogP contribution in [0.25, 0.3) is 22.5 Å². The van der Waals surface area contributed by atoms with E-state index < -0.39 is 0 Å². The van der Waals surface area contributed by atoms with Crippen molar-refractivity contribution in [3.63, 3.8) is 0 Å². The second-order valence-corrected chi connectivity index (χ2v) is 10.2. The monoisotopic (exact) mass is 570 g/mol. The molecule has 1 aliphatic heterocycles. The summed E-state index contributed by atoms with van der Waals surface area (Å²) in [6.07, 6.45) is 6.12. The molecule has 5 aromatic rings. The van der Waals surface area contributed by atoms with Crippen molar-refractivity contribution >= 4 is 34.6 Å². The van der Waals surface area contributed by atoms with Gasteiger partial charge >= 0.3 is 0 Å². The first-order valence-corrected chi connectivity index (χ1v) is 13.2. The molecular formula is C30H21Cl2FN6O. The van der Waals surface area contributed by atoms with Gasteiger partial charge < -0.3 is 5.21 Å². The number of hydrogen-bond donors (Lipinski definition) is 0. The molecule has 10 heteroatoms. The zero-order chi connectivity index (χ0) is 27.6. The second-order valence-electron chi connectivity index (χ2n) is 9.37. The van der Waals surface area contributed by atoms with Crippen LogP contribution in [0.4, 0.5) is 4.39 Å². The minimum absolute atomic E-state index is 0.312. The van der Waals surface area contributed by atoms with Crippen molar-refractivity contribution in [3.05, 3.63) is 135 Å². The Morgan fingerprint density at radius 1 is 0.925 bits per heavy atom. The van der Waals surface area contributed by atoms with Crippen LogP contribution in [0.5, 0.6) is 0 Å². The molecule has 0 amide bonds. The van der Waals surface area contributed by atoms with Crippen LogP contribution in [0, 0.1) is 11.0 Å². The molecule has 1 aliphatic rings. The maximum Gasteiger partial charge on any atom is 0.201 e. The van der Waals surface area contributed by atoms with Gasteiger partial charge in [0.1, 0.15) is 12.1 Å². The van der Waals surface area contributed by atoms with Crippen LogP contribution in [0.15, 0.2) is 102 Å². The van der Waals surface area contributed by atoms with Gasteiger partial charge in [-0.05, 0) is 76.5 Å². The van der Waals surface area contributed by atoms with Crippen molar-refractivity contribution in [2.24, 2.45) is 4.99 Å². The van der Waals surface area contributed by atoms with Gasteiger partial charge in [-0.1, -0.05) is 53.5 Å². The Kier molecular flexibility index (Phi) is 7.11. The summed E-state index contributed by atoms with van der Waals surface area (Å²) in [6, 6.07) is 22.8. The second kappa shape index (κ2) is 11.0. The highest BCUT2D eigenvalue weighted by Crippen LogP contribution is 2.33. The van der Waals surface area contributed by atoms with E-state index in [4.69, 9.17) is 28.2 Å². The molecule has 1 unspecified atom stereocenters. The van der Waals surface area contributed by atoms with Gasteiger partial charge in [0, 0.05) is 39.4 Å². The summed E-state index contributed by atoms with van der Waals surface area (Å²) in [5.74, 6) is -0.648. The Morgan fingerprint density at radius 3 is 2.40 bits per heavy atom. The molecule has 2 aromatic heterocycles. The fourth-order valence-electron chi connectivity index (χ4n) is 4.85. The van der Waals surface area contributed by atoms with Gasteiger partial charge in [0.05, 0.1) is 17.3 Å². The average Bonchev–Trinajstić information content (AvgIpc) is 3.67. The average molecular weight is 571 g/mol. The largest absolute Gasteiger partial charge is 0.618 e. The molecule has 3 heterocycles. The minimum Gasteiger partial charge on any atom is -0.618 e. The third-order valence-electron chi connectivity index (χ3n) is 6.83. The molecule has 0 radical (unpaired) electrons. The van der Waals surface area contributed by atoms with Crippen molar-refractivity contribution in [1.29, 1.82) is 0 Å². The number of allylic oxidation sites excluding steroid dienone is 1. The van der Waals surface area contributed by atoms with E-state index in [1.54, 1.807) is 30.3 Å². The Labute approximate surface area is 239 Å². The van der Waals surface area contributed by atoms with E-state index in [-0.39, 0.29) is 11.7 Å². The summed E-state index contributed by atoms with van der Waals surface area (Å²) in [7, 11) is 0. The van der Waals surface area contributed by atoms with Crippen molar-refractivity contribution in [3.8, 4) is 16.8 Å². The summed E-state index contributed by atoms with van der Waals surface area (Å²) < 4.78 is 16.0. The fourth-order valence-corrected chi connectivity index (χ4v) is 5.15. The quantitative estimate of drug-likeness (QED) is 0.162. The molecule has 7 nitrogen and oxygen atoms in total. The molecule has 0 bridgehead atoms. The molecule has 0 saturated heterocycles. The minimum atomic E-state index is -0.337. The number of pyridine rings is 1. The highest BCUT2D eigenvalue weighted by molar-refractivity contribution is 6.31. The summed E-state index contributed by atoms with van der Waals surface area (Å²) in [5, 5.41) is 26.2. The predicted molar refractivity (Wildman–Crippen MR) is 153 cm³/mol. The van der Waals surface area contributed by atoms with Crippen LogP contribution in [0.2, 0.25) is 10.0 Å². The number of halogens is 3. The van der Waals surface area contributed by atoms with E-state index in [9.17, 15) is 9.60 Å². The van der Waals surface area contributed by atoms with Crippen molar-refractivity contribution in [2.45, 2.75) is 18.8 Å². The molecule has 1 atom stereocenters. The number of nitrogens with zero attached hydrogens (tertiary/aromatic N) is 6. The zero-order valence-corrected chi connectivity index (χ0v) is 22.5. The lowest BCUT2D eigenvalue weighted by atomic mass is 9.89. The van der Waals surface area contributed by atoms with Crippen molar-refractivity contribution in [2.75, 3.05) is 0 Å². The summed E-state index contributed by atoms with van der Waals surface area (Å²) in [6.45, 7) is 0. The molecular weight excluding hydrogens is 550 g/mol. The van der Waals surface area contributed by atoms with Crippen LogP contribution in [0.3, 0.4) is 0 Å². The highest BCUT2D eigenvalue weighted by atomic mass is 35.5. The summed E-state index contributed by atoms with van der Waals surface area (Å²) >= 11 is 12.4. The standard InChI is InChI=1S/C30H21Cl2FN6O/c31-22-6-3-20(4-7-22)27-11-12-28(35-27)26(15-19-1-9-24(33)10-2-19)30-13-5-21(17-39(30)40)25-16-23(32)8-14-29(25)38-18-34-36-37-38/h1-11,13-14,16-18,26H,12,15H2. The zero-order valence-electron chi connectivity index (χ0n) is 21.0. The van der Waals surface area contributed by atoms with Crippen molar-refractivity contribution < 1.29 is 9.12 Å². The van der Waals surface area contributed by atoms with Crippen LogP contribution in [-0.4, -0.2) is 25.9 Å². The van der Waals surface area contributed by atoms with Gasteiger partial charge in [-0.25, -0.2) is 4.39 Å². The van der Waals surface area contributed by atoms with Gasteiger partial charge in [-0.2, -0.15) is 9.41 Å². The number of aromatic nitrogens is 5. The molecule has 40 heavy (non-hydrogen) atoms. The molecule has 3 aromatic carbocycles. The van der Waals surface area contributed by atoms with E-state index in [1.165, 1.54) is 29.3 Å². The van der Waals surface area contributed by atoms with E-state index in [1.807, 2.05) is 42.5 Å². The lowest BCUT2D eigenvalue weighted by Gasteiger charge is -2.18. The Hall–Kier alpha value is -4.40. The number of hydrogen-bond acceptors (Lipinski definition) is 5. The number of aliphatic imine (C=N–C) groups is 1. The van der Waals surface area contributed by atoms with E-state index in [2.05, 4.69) is 15.5 Å². The van der Waals surface area contributed by atoms with Gasteiger partial charge in [0.15, 0.2) is 6.20 Å². The smallest absolute Gasteiger partial charge is 0.201 e. The predicted octanol–water partition coefficient (Wildman–Crippen LogP) is 6.62. The van der Waals surface area contributed by atoms with Crippen LogP contribution in [-0.2, 0) is 6.42 Å². The number of rotatable bonds is 7. The number of benzene rings is 3. The fraction of sp³-hybridized carbons (Fsp3) is 0.100. The van der Waals surface area contributed by atoms with E-state index >= 15 is 0 Å². The maximum atomic E-state index is 13.6. The van der Waals surface area contributed by atoms with Crippen molar-refractivity contribution in [1.82, 2.24) is 20.2 Å².